The average molecular weight is 155 g/mol. The van der Waals surface area contributed by atoms with Gasteiger partial charge in [0.05, 0.1) is 6.61 Å². The van der Waals surface area contributed by atoms with Crippen molar-refractivity contribution in [3.63, 3.8) is 0 Å². The minimum Gasteiger partial charge on any atom is -0.396 e. The molecule has 0 saturated carbocycles. The zero-order valence-corrected chi connectivity index (χ0v) is 6.82. The molecular weight excluding hydrogens is 142 g/mol. The zero-order chi connectivity index (χ0) is 8.43. The fraction of sp³-hybridized carbons (Fsp3) is 0.750. The Balaban J connectivity index is 2.76. The molecule has 0 radical (unpaired) electrons. The molecule has 1 aliphatic rings. The predicted molar refractivity (Wildman–Crippen MR) is 42.7 cm³/mol. The van der Waals surface area contributed by atoms with E-state index in [-0.39, 0.29) is 30.3 Å². The van der Waals surface area contributed by atoms with E-state index in [9.17, 15) is 4.79 Å². The normalized spacial score (nSPS) is 37.7. The first-order valence-electron chi connectivity index (χ1n) is 3.84. The molecule has 1 heterocycles. The van der Waals surface area contributed by atoms with E-state index >= 15 is 0 Å². The topological polar surface area (TPSA) is 49.7 Å². The molecule has 3 heteroatoms. The molecule has 0 amide bonds. The molecule has 1 N–H and O–H groups in total. The first-order chi connectivity index (χ1) is 5.16. The van der Waals surface area contributed by atoms with Crippen LogP contribution in [0.5, 0.6) is 0 Å². The van der Waals surface area contributed by atoms with E-state index in [1.165, 1.54) is 0 Å². The van der Waals surface area contributed by atoms with Crippen LogP contribution in [0.15, 0.2) is 4.99 Å². The van der Waals surface area contributed by atoms with Gasteiger partial charge in [0.1, 0.15) is 6.04 Å². The third-order valence-electron chi connectivity index (χ3n) is 2.21. The molecule has 1 aliphatic heterocycles. The van der Waals surface area contributed by atoms with Gasteiger partial charge >= 0.3 is 0 Å². The molecule has 62 valence electrons. The summed E-state index contributed by atoms with van der Waals surface area (Å²) < 4.78 is 0. The number of Topliss-reactive ketones (excluding diaryl/α,β-unsaturated/α-hetero) is 1. The van der Waals surface area contributed by atoms with Crippen molar-refractivity contribution in [2.45, 2.75) is 19.9 Å². The van der Waals surface area contributed by atoms with Crippen LogP contribution in [0.3, 0.4) is 0 Å². The van der Waals surface area contributed by atoms with E-state index in [1.54, 1.807) is 13.1 Å². The second kappa shape index (κ2) is 3.13. The van der Waals surface area contributed by atoms with Crippen LogP contribution in [0.2, 0.25) is 0 Å². The Hall–Kier alpha value is -0.700. The molecule has 0 spiro atoms. The highest BCUT2D eigenvalue weighted by atomic mass is 16.3. The first kappa shape index (κ1) is 8.40. The highest BCUT2D eigenvalue weighted by Gasteiger charge is 2.29. The average Bonchev–Trinajstić information content (AvgIpc) is 2.01. The van der Waals surface area contributed by atoms with E-state index in [0.29, 0.717) is 0 Å². The summed E-state index contributed by atoms with van der Waals surface area (Å²) in [7, 11) is 0. The standard InChI is InChI=1S/C8H13NO2/c1-5-7(4-10)3-9-6(2)8(5)11/h3,5-7,10H,4H2,1-2H3. The highest BCUT2D eigenvalue weighted by molar-refractivity contribution is 5.92. The van der Waals surface area contributed by atoms with Gasteiger partial charge in [0.15, 0.2) is 5.78 Å². The van der Waals surface area contributed by atoms with Crippen molar-refractivity contribution in [3.05, 3.63) is 0 Å². The Morgan fingerprint density at radius 1 is 1.64 bits per heavy atom. The van der Waals surface area contributed by atoms with Crippen molar-refractivity contribution in [2.24, 2.45) is 16.8 Å². The van der Waals surface area contributed by atoms with E-state index in [2.05, 4.69) is 4.99 Å². The van der Waals surface area contributed by atoms with Crippen molar-refractivity contribution in [1.29, 1.82) is 0 Å². The van der Waals surface area contributed by atoms with Gasteiger partial charge in [-0.2, -0.15) is 0 Å². The van der Waals surface area contributed by atoms with E-state index in [4.69, 9.17) is 5.11 Å². The zero-order valence-electron chi connectivity index (χ0n) is 6.82. The van der Waals surface area contributed by atoms with Crippen molar-refractivity contribution < 1.29 is 9.90 Å². The van der Waals surface area contributed by atoms with Gasteiger partial charge in [-0.05, 0) is 6.92 Å². The number of ketones is 1. The molecule has 0 aromatic rings. The summed E-state index contributed by atoms with van der Waals surface area (Å²) in [4.78, 5) is 15.2. The Labute approximate surface area is 66.1 Å². The van der Waals surface area contributed by atoms with E-state index in [0.717, 1.165) is 0 Å². The lowest BCUT2D eigenvalue weighted by atomic mass is 9.86. The van der Waals surface area contributed by atoms with Gasteiger partial charge in [0.2, 0.25) is 0 Å². The van der Waals surface area contributed by atoms with Gasteiger partial charge in [-0.15, -0.1) is 0 Å². The van der Waals surface area contributed by atoms with Crippen molar-refractivity contribution in [3.8, 4) is 0 Å². The third-order valence-corrected chi connectivity index (χ3v) is 2.21. The van der Waals surface area contributed by atoms with Gasteiger partial charge in [-0.3, -0.25) is 9.79 Å². The molecule has 0 aliphatic carbocycles. The Morgan fingerprint density at radius 2 is 2.27 bits per heavy atom. The number of aliphatic hydroxyl groups is 1. The van der Waals surface area contributed by atoms with Gasteiger partial charge in [-0.25, -0.2) is 0 Å². The molecule has 0 saturated heterocycles. The quantitative estimate of drug-likeness (QED) is 0.591. The number of carbonyl (C=O) groups is 1. The number of hydrogen-bond donors (Lipinski definition) is 1. The molecule has 0 aromatic heterocycles. The largest absolute Gasteiger partial charge is 0.396 e. The molecule has 0 bridgehead atoms. The van der Waals surface area contributed by atoms with Crippen LogP contribution in [0.25, 0.3) is 0 Å². The van der Waals surface area contributed by atoms with Crippen molar-refractivity contribution in [2.75, 3.05) is 6.61 Å². The number of nitrogens with zero attached hydrogens (tertiary/aromatic N) is 1. The first-order valence-corrected chi connectivity index (χ1v) is 3.84. The second-order valence-electron chi connectivity index (χ2n) is 3.01. The van der Waals surface area contributed by atoms with Crippen LogP contribution in [0, 0.1) is 11.8 Å². The smallest absolute Gasteiger partial charge is 0.160 e. The summed E-state index contributed by atoms with van der Waals surface area (Å²) in [5.41, 5.74) is 0. The Kier molecular flexibility index (Phi) is 2.39. The Morgan fingerprint density at radius 3 is 2.82 bits per heavy atom. The van der Waals surface area contributed by atoms with Crippen molar-refractivity contribution in [1.82, 2.24) is 0 Å². The molecule has 3 unspecified atom stereocenters. The van der Waals surface area contributed by atoms with Gasteiger partial charge in [0.25, 0.3) is 0 Å². The molecule has 3 atom stereocenters. The molecule has 0 aromatic carbocycles. The van der Waals surface area contributed by atoms with Gasteiger partial charge in [-0.1, -0.05) is 6.92 Å². The minimum atomic E-state index is -0.215. The minimum absolute atomic E-state index is 0.0170. The summed E-state index contributed by atoms with van der Waals surface area (Å²) in [6.45, 7) is 3.64. The number of hydrogen-bond acceptors (Lipinski definition) is 3. The van der Waals surface area contributed by atoms with Crippen LogP contribution in [-0.2, 0) is 4.79 Å². The highest BCUT2D eigenvalue weighted by Crippen LogP contribution is 2.18. The lowest BCUT2D eigenvalue weighted by Crippen LogP contribution is -2.35. The number of carbonyl (C=O) groups excluding carboxylic acids is 1. The molecule has 0 fully saturated rings. The van der Waals surface area contributed by atoms with Crippen LogP contribution >= 0.6 is 0 Å². The summed E-state index contributed by atoms with van der Waals surface area (Å²) in [6, 6.07) is -0.215. The molecule has 11 heavy (non-hydrogen) atoms. The molecule has 3 nitrogen and oxygen atoms in total. The van der Waals surface area contributed by atoms with Crippen LogP contribution in [0.1, 0.15) is 13.8 Å². The summed E-state index contributed by atoms with van der Waals surface area (Å²) in [5.74, 6) is -0.0160. The van der Waals surface area contributed by atoms with Gasteiger partial charge < -0.3 is 5.11 Å². The SMILES string of the molecule is CC1N=CC(CO)C(C)C1=O. The van der Waals surface area contributed by atoms with E-state index in [1.807, 2.05) is 6.92 Å². The summed E-state index contributed by atoms with van der Waals surface area (Å²) in [6.07, 6.45) is 1.69. The Bertz CT molecular complexity index is 189. The fourth-order valence-electron chi connectivity index (χ4n) is 1.24. The molecular formula is C8H13NO2. The van der Waals surface area contributed by atoms with Crippen LogP contribution in [-0.4, -0.2) is 29.8 Å². The third kappa shape index (κ3) is 1.48. The van der Waals surface area contributed by atoms with Crippen molar-refractivity contribution >= 4 is 12.0 Å². The number of aliphatic imine (C=N–C) groups is 1. The number of rotatable bonds is 1. The monoisotopic (exact) mass is 155 g/mol. The maximum Gasteiger partial charge on any atom is 0.160 e. The lowest BCUT2D eigenvalue weighted by molar-refractivity contribution is -0.124. The fourth-order valence-corrected chi connectivity index (χ4v) is 1.24. The lowest BCUT2D eigenvalue weighted by Gasteiger charge is -2.23. The van der Waals surface area contributed by atoms with E-state index < -0.39 is 0 Å². The van der Waals surface area contributed by atoms with Gasteiger partial charge in [0, 0.05) is 18.1 Å². The summed E-state index contributed by atoms with van der Waals surface area (Å²) in [5, 5.41) is 8.82. The number of aliphatic hydroxyl groups excluding tert-OH is 1. The molecule has 1 rings (SSSR count). The maximum absolute atomic E-state index is 11.3. The summed E-state index contributed by atoms with van der Waals surface area (Å²) >= 11 is 0. The second-order valence-corrected chi connectivity index (χ2v) is 3.01. The maximum atomic E-state index is 11.3. The van der Waals surface area contributed by atoms with Crippen LogP contribution < -0.4 is 0 Å². The van der Waals surface area contributed by atoms with Crippen LogP contribution in [0.4, 0.5) is 0 Å². The predicted octanol–water partition coefficient (Wildman–Crippen LogP) is 0.273.